The van der Waals surface area contributed by atoms with Crippen molar-refractivity contribution in [2.45, 2.75) is 39.8 Å². The first kappa shape index (κ1) is 27.7. The number of amides is 1. The van der Waals surface area contributed by atoms with Crippen LogP contribution in [0, 0.1) is 5.41 Å². The Balaban J connectivity index is 1.82. The van der Waals surface area contributed by atoms with Gasteiger partial charge < -0.3 is 30.2 Å². The van der Waals surface area contributed by atoms with Gasteiger partial charge in [-0.2, -0.15) is 0 Å². The van der Waals surface area contributed by atoms with Gasteiger partial charge in [-0.15, -0.1) is 0 Å². The quantitative estimate of drug-likeness (QED) is 0.309. The molecule has 4 N–H and O–H groups in total. The third kappa shape index (κ3) is 6.26. The smallest absolute Gasteiger partial charge is 0.344 e. The summed E-state index contributed by atoms with van der Waals surface area (Å²) in [5.41, 5.74) is 8.19. The maximum Gasteiger partial charge on any atom is 0.344 e. The molecule has 10 nitrogen and oxygen atoms in total. The Hall–Kier alpha value is -3.92. The molecule has 2 aromatic carbocycles. The zero-order chi connectivity index (χ0) is 27.3. The number of rotatable bonds is 11. The van der Waals surface area contributed by atoms with Crippen LogP contribution < -0.4 is 20.5 Å². The van der Waals surface area contributed by atoms with Crippen molar-refractivity contribution in [2.75, 3.05) is 33.4 Å². The highest BCUT2D eigenvalue weighted by Crippen LogP contribution is 2.32. The lowest BCUT2D eigenvalue weighted by atomic mass is 9.92. The summed E-state index contributed by atoms with van der Waals surface area (Å²) in [5.74, 6) is -0.0290. The number of ether oxygens (including phenoxy) is 3. The van der Waals surface area contributed by atoms with E-state index in [1.807, 2.05) is 6.92 Å². The summed E-state index contributed by atoms with van der Waals surface area (Å²) >= 11 is 0. The second-order valence-electron chi connectivity index (χ2n) is 9.17. The Morgan fingerprint density at radius 1 is 1.08 bits per heavy atom. The van der Waals surface area contributed by atoms with Crippen LogP contribution in [0.15, 0.2) is 30.3 Å². The van der Waals surface area contributed by atoms with Gasteiger partial charge in [0.1, 0.15) is 17.3 Å². The zero-order valence-electron chi connectivity index (χ0n) is 21.9. The van der Waals surface area contributed by atoms with Gasteiger partial charge in [0, 0.05) is 35.8 Å². The molecule has 3 rings (SSSR count). The minimum atomic E-state index is -0.844. The molecule has 1 amide bonds. The normalized spacial score (nSPS) is 12.7. The lowest BCUT2D eigenvalue weighted by Gasteiger charge is -2.24. The SMILES string of the molecule is CCOC(=O)COc1ccc(C(=O)CN2Cc3cc(OCC)c(C(=O)NC)cc3C2=N)cc1C(C)(C)N. The lowest BCUT2D eigenvalue weighted by molar-refractivity contribution is -0.145. The van der Waals surface area contributed by atoms with Crippen LogP contribution in [0.3, 0.4) is 0 Å². The van der Waals surface area contributed by atoms with Crippen molar-refractivity contribution in [3.8, 4) is 11.5 Å². The van der Waals surface area contributed by atoms with Crippen LogP contribution in [0.4, 0.5) is 0 Å². The molecule has 1 heterocycles. The molecule has 2 aromatic rings. The second kappa shape index (κ2) is 11.4. The number of nitrogens with zero attached hydrogens (tertiary/aromatic N) is 1. The molecular formula is C27H34N4O6. The standard InChI is InChI=1S/C27H34N4O6/c1-6-35-23-11-17-13-31(25(28)18(17)12-19(23)26(34)30-5)14-21(32)16-8-9-22(20(10-16)27(3,4)29)37-15-24(33)36-7-2/h8-12,28H,6-7,13-15,29H2,1-5H3,(H,30,34). The van der Waals surface area contributed by atoms with Crippen molar-refractivity contribution in [1.29, 1.82) is 5.41 Å². The minimum absolute atomic E-state index is 0.0414. The predicted molar refractivity (Wildman–Crippen MR) is 138 cm³/mol. The summed E-state index contributed by atoms with van der Waals surface area (Å²) in [5, 5.41) is 11.2. The topological polar surface area (TPSA) is 144 Å². The van der Waals surface area contributed by atoms with Crippen LogP contribution in [0.1, 0.15) is 65.1 Å². The number of fused-ring (bicyclic) bond motifs is 1. The largest absolute Gasteiger partial charge is 0.493 e. The molecule has 0 saturated carbocycles. The number of carbonyl (C=O) groups excluding carboxylic acids is 3. The Morgan fingerprint density at radius 3 is 2.43 bits per heavy atom. The van der Waals surface area contributed by atoms with Gasteiger partial charge in [0.05, 0.1) is 25.3 Å². The van der Waals surface area contributed by atoms with Gasteiger partial charge in [-0.05, 0) is 63.6 Å². The van der Waals surface area contributed by atoms with Crippen LogP contribution in [-0.2, 0) is 21.6 Å². The van der Waals surface area contributed by atoms with E-state index in [2.05, 4.69) is 5.32 Å². The molecule has 0 fully saturated rings. The summed E-state index contributed by atoms with van der Waals surface area (Å²) in [7, 11) is 1.53. The van der Waals surface area contributed by atoms with Crippen LogP contribution in [0.2, 0.25) is 0 Å². The number of carbonyl (C=O) groups is 3. The van der Waals surface area contributed by atoms with Crippen molar-refractivity contribution in [2.24, 2.45) is 5.73 Å². The molecule has 0 saturated heterocycles. The summed E-state index contributed by atoms with van der Waals surface area (Å²) in [4.78, 5) is 39.0. The summed E-state index contributed by atoms with van der Waals surface area (Å²) in [6.45, 7) is 7.77. The first-order chi connectivity index (χ1) is 17.5. The molecule has 37 heavy (non-hydrogen) atoms. The predicted octanol–water partition coefficient (Wildman–Crippen LogP) is 2.60. The molecule has 10 heteroatoms. The average molecular weight is 511 g/mol. The Morgan fingerprint density at radius 2 is 1.81 bits per heavy atom. The Kier molecular flexibility index (Phi) is 8.54. The molecule has 1 aliphatic rings. The molecule has 198 valence electrons. The van der Waals surface area contributed by atoms with Gasteiger partial charge >= 0.3 is 5.97 Å². The lowest BCUT2D eigenvalue weighted by Crippen LogP contribution is -2.32. The van der Waals surface area contributed by atoms with E-state index in [1.54, 1.807) is 56.0 Å². The van der Waals surface area contributed by atoms with Crippen LogP contribution >= 0.6 is 0 Å². The maximum absolute atomic E-state index is 13.2. The number of amidine groups is 1. The number of benzene rings is 2. The highest BCUT2D eigenvalue weighted by molar-refractivity contribution is 6.07. The highest BCUT2D eigenvalue weighted by atomic mass is 16.6. The fraction of sp³-hybridized carbons (Fsp3) is 0.407. The number of Topliss-reactive ketones (excluding diaryl/α,β-unsaturated/α-hetero) is 1. The van der Waals surface area contributed by atoms with Crippen molar-refractivity contribution in [3.05, 3.63) is 58.1 Å². The molecule has 0 atom stereocenters. The average Bonchev–Trinajstić information content (AvgIpc) is 3.15. The monoisotopic (exact) mass is 510 g/mol. The first-order valence-electron chi connectivity index (χ1n) is 12.1. The Bertz CT molecular complexity index is 1220. The van der Waals surface area contributed by atoms with Gasteiger partial charge in [-0.3, -0.25) is 15.0 Å². The van der Waals surface area contributed by atoms with E-state index >= 15 is 0 Å². The van der Waals surface area contributed by atoms with Gasteiger partial charge in [-0.25, -0.2) is 4.79 Å². The third-order valence-corrected chi connectivity index (χ3v) is 5.89. The molecule has 0 aliphatic carbocycles. The summed E-state index contributed by atoms with van der Waals surface area (Å²) < 4.78 is 16.2. The number of hydrogen-bond acceptors (Lipinski definition) is 8. The summed E-state index contributed by atoms with van der Waals surface area (Å²) in [6, 6.07) is 8.28. The molecule has 0 radical (unpaired) electrons. The zero-order valence-corrected chi connectivity index (χ0v) is 21.9. The third-order valence-electron chi connectivity index (χ3n) is 5.89. The van der Waals surface area contributed by atoms with E-state index in [1.165, 1.54) is 7.05 Å². The van der Waals surface area contributed by atoms with Crippen molar-refractivity contribution in [3.63, 3.8) is 0 Å². The van der Waals surface area contributed by atoms with E-state index in [4.69, 9.17) is 25.4 Å². The molecule has 0 aromatic heterocycles. The van der Waals surface area contributed by atoms with E-state index in [0.29, 0.717) is 46.9 Å². The number of hydrogen-bond donors (Lipinski definition) is 3. The van der Waals surface area contributed by atoms with E-state index in [-0.39, 0.29) is 37.3 Å². The first-order valence-corrected chi connectivity index (χ1v) is 12.1. The summed E-state index contributed by atoms with van der Waals surface area (Å²) in [6.07, 6.45) is 0. The Labute approximate surface area is 216 Å². The second-order valence-corrected chi connectivity index (χ2v) is 9.17. The maximum atomic E-state index is 13.2. The van der Waals surface area contributed by atoms with Crippen molar-refractivity contribution in [1.82, 2.24) is 10.2 Å². The minimum Gasteiger partial charge on any atom is -0.493 e. The van der Waals surface area contributed by atoms with E-state index in [9.17, 15) is 14.4 Å². The fourth-order valence-corrected chi connectivity index (χ4v) is 4.09. The van der Waals surface area contributed by atoms with Crippen molar-refractivity contribution < 1.29 is 28.6 Å². The van der Waals surface area contributed by atoms with Crippen LogP contribution in [-0.4, -0.2) is 61.8 Å². The van der Waals surface area contributed by atoms with E-state index in [0.717, 1.165) is 5.56 Å². The van der Waals surface area contributed by atoms with Crippen molar-refractivity contribution >= 4 is 23.5 Å². The molecule has 0 unspecified atom stereocenters. The van der Waals surface area contributed by atoms with Crippen LogP contribution in [0.25, 0.3) is 0 Å². The highest BCUT2D eigenvalue weighted by Gasteiger charge is 2.30. The van der Waals surface area contributed by atoms with Gasteiger partial charge in [0.25, 0.3) is 5.91 Å². The molecule has 0 spiro atoms. The number of nitrogens with two attached hydrogens (primary N) is 1. The fourth-order valence-electron chi connectivity index (χ4n) is 4.09. The van der Waals surface area contributed by atoms with Crippen LogP contribution in [0.5, 0.6) is 11.5 Å². The van der Waals surface area contributed by atoms with Gasteiger partial charge in [0.15, 0.2) is 12.4 Å². The number of nitrogens with one attached hydrogen (secondary N) is 2. The molecular weight excluding hydrogens is 476 g/mol. The van der Waals surface area contributed by atoms with Gasteiger partial charge in [-0.1, -0.05) is 0 Å². The molecule has 0 bridgehead atoms. The number of ketones is 1. The molecule has 1 aliphatic heterocycles. The van der Waals surface area contributed by atoms with E-state index < -0.39 is 11.5 Å². The number of esters is 1. The van der Waals surface area contributed by atoms with Gasteiger partial charge in [0.2, 0.25) is 0 Å².